The normalized spacial score (nSPS) is 17.3. The summed E-state index contributed by atoms with van der Waals surface area (Å²) in [6.45, 7) is 0. The number of phenols is 1. The number of methoxy groups -OCH3 is 2. The van der Waals surface area contributed by atoms with Crippen molar-refractivity contribution in [3.63, 3.8) is 0 Å². The Balaban J connectivity index is 1.94. The monoisotopic (exact) mass is 449 g/mol. The number of anilines is 1. The largest absolute Gasteiger partial charge is 0.508 e. The SMILES string of the molecule is COc1ccc(/C(O)=C2/C(=O)C(=O)N(c3ccc(F)cc3)C2c2cccc(O)c2)cc1OC. The molecule has 1 atom stereocenters. The number of nitrogens with zero attached hydrogens (tertiary/aromatic N) is 1. The van der Waals surface area contributed by atoms with Crippen LogP contribution in [0.25, 0.3) is 5.76 Å². The second-order valence-electron chi connectivity index (χ2n) is 7.31. The number of ketones is 1. The molecule has 1 unspecified atom stereocenters. The molecule has 0 spiro atoms. The number of aliphatic hydroxyl groups is 1. The fourth-order valence-corrected chi connectivity index (χ4v) is 3.85. The number of amides is 1. The van der Waals surface area contributed by atoms with Crippen molar-refractivity contribution in [2.75, 3.05) is 19.1 Å². The highest BCUT2D eigenvalue weighted by Crippen LogP contribution is 2.43. The number of benzene rings is 3. The Hall–Kier alpha value is -4.33. The predicted molar refractivity (Wildman–Crippen MR) is 119 cm³/mol. The lowest BCUT2D eigenvalue weighted by atomic mass is 9.95. The summed E-state index contributed by atoms with van der Waals surface area (Å²) in [7, 11) is 2.90. The smallest absolute Gasteiger partial charge is 0.300 e. The summed E-state index contributed by atoms with van der Waals surface area (Å²) in [5, 5.41) is 21.2. The van der Waals surface area contributed by atoms with Crippen LogP contribution in [-0.4, -0.2) is 36.1 Å². The van der Waals surface area contributed by atoms with Gasteiger partial charge in [-0.1, -0.05) is 12.1 Å². The topological polar surface area (TPSA) is 96.3 Å². The fraction of sp³-hybridized carbons (Fsp3) is 0.120. The number of halogens is 1. The minimum atomic E-state index is -1.06. The Morgan fingerprint density at radius 2 is 1.64 bits per heavy atom. The summed E-state index contributed by atoms with van der Waals surface area (Å²) in [4.78, 5) is 27.3. The van der Waals surface area contributed by atoms with Crippen LogP contribution in [0.2, 0.25) is 0 Å². The van der Waals surface area contributed by atoms with Crippen LogP contribution in [0.5, 0.6) is 17.2 Å². The van der Waals surface area contributed by atoms with Gasteiger partial charge >= 0.3 is 0 Å². The van der Waals surface area contributed by atoms with E-state index in [1.807, 2.05) is 0 Å². The zero-order chi connectivity index (χ0) is 23.7. The summed E-state index contributed by atoms with van der Waals surface area (Å²) in [5.41, 5.74) is 0.704. The number of ether oxygens (including phenoxy) is 2. The third kappa shape index (κ3) is 3.87. The molecule has 7 nitrogen and oxygen atoms in total. The highest BCUT2D eigenvalue weighted by molar-refractivity contribution is 6.51. The first-order chi connectivity index (χ1) is 15.8. The first-order valence-electron chi connectivity index (χ1n) is 9.93. The molecule has 3 aromatic rings. The zero-order valence-corrected chi connectivity index (χ0v) is 17.8. The van der Waals surface area contributed by atoms with E-state index in [1.165, 1.54) is 67.7 Å². The van der Waals surface area contributed by atoms with Crippen molar-refractivity contribution in [2.24, 2.45) is 0 Å². The van der Waals surface area contributed by atoms with Crippen molar-refractivity contribution in [3.8, 4) is 17.2 Å². The van der Waals surface area contributed by atoms with Crippen molar-refractivity contribution < 1.29 is 33.7 Å². The van der Waals surface area contributed by atoms with E-state index in [-0.39, 0.29) is 22.6 Å². The number of phenolic OH excluding ortho intramolecular Hbond substituents is 1. The minimum Gasteiger partial charge on any atom is -0.508 e. The van der Waals surface area contributed by atoms with Gasteiger partial charge in [0.2, 0.25) is 0 Å². The number of aromatic hydroxyl groups is 1. The Morgan fingerprint density at radius 3 is 2.27 bits per heavy atom. The average molecular weight is 449 g/mol. The van der Waals surface area contributed by atoms with Crippen molar-refractivity contribution >= 4 is 23.1 Å². The maximum absolute atomic E-state index is 13.5. The molecule has 1 saturated heterocycles. The standard InChI is InChI=1S/C25H20FNO6/c1-32-19-11-6-15(13-20(19)33-2)23(29)21-22(14-4-3-5-18(28)12-14)27(25(31)24(21)30)17-9-7-16(26)8-10-17/h3-13,22,28-29H,1-2H3/b23-21-. The van der Waals surface area contributed by atoms with Crippen molar-refractivity contribution in [2.45, 2.75) is 6.04 Å². The molecule has 33 heavy (non-hydrogen) atoms. The van der Waals surface area contributed by atoms with Gasteiger partial charge in [-0.15, -0.1) is 0 Å². The first kappa shape index (κ1) is 21.9. The van der Waals surface area contributed by atoms with E-state index in [0.717, 1.165) is 0 Å². The summed E-state index contributed by atoms with van der Waals surface area (Å²) in [6.07, 6.45) is 0. The molecular weight excluding hydrogens is 429 g/mol. The Morgan fingerprint density at radius 1 is 0.939 bits per heavy atom. The molecular formula is C25H20FNO6. The van der Waals surface area contributed by atoms with Crippen LogP contribution in [0.1, 0.15) is 17.2 Å². The van der Waals surface area contributed by atoms with E-state index in [4.69, 9.17) is 9.47 Å². The van der Waals surface area contributed by atoms with Crippen LogP contribution in [0.4, 0.5) is 10.1 Å². The van der Waals surface area contributed by atoms with Gasteiger partial charge in [-0.05, 0) is 60.2 Å². The molecule has 1 amide bonds. The number of rotatable bonds is 5. The summed E-state index contributed by atoms with van der Waals surface area (Å²) < 4.78 is 24.0. The molecule has 2 N–H and O–H groups in total. The molecule has 3 aromatic carbocycles. The minimum absolute atomic E-state index is 0.0803. The van der Waals surface area contributed by atoms with Gasteiger partial charge in [-0.2, -0.15) is 0 Å². The van der Waals surface area contributed by atoms with E-state index in [0.29, 0.717) is 17.1 Å². The maximum Gasteiger partial charge on any atom is 0.300 e. The van der Waals surface area contributed by atoms with Gasteiger partial charge in [0.25, 0.3) is 11.7 Å². The van der Waals surface area contributed by atoms with Crippen molar-refractivity contribution in [1.29, 1.82) is 0 Å². The lowest BCUT2D eigenvalue weighted by molar-refractivity contribution is -0.132. The Kier molecular flexibility index (Phi) is 5.74. The molecule has 1 heterocycles. The van der Waals surface area contributed by atoms with Crippen LogP contribution in [-0.2, 0) is 9.59 Å². The lowest BCUT2D eigenvalue weighted by Crippen LogP contribution is -2.29. The molecule has 0 radical (unpaired) electrons. The van der Waals surface area contributed by atoms with Gasteiger partial charge in [0, 0.05) is 11.3 Å². The van der Waals surface area contributed by atoms with Gasteiger partial charge < -0.3 is 19.7 Å². The highest BCUT2D eigenvalue weighted by Gasteiger charge is 2.47. The van der Waals surface area contributed by atoms with Crippen molar-refractivity contribution in [3.05, 3.63) is 89.2 Å². The van der Waals surface area contributed by atoms with E-state index in [9.17, 15) is 24.2 Å². The number of hydrogen-bond acceptors (Lipinski definition) is 6. The molecule has 4 rings (SSSR count). The zero-order valence-electron chi connectivity index (χ0n) is 17.8. The van der Waals surface area contributed by atoms with Gasteiger partial charge in [-0.25, -0.2) is 4.39 Å². The molecule has 0 bridgehead atoms. The van der Waals surface area contributed by atoms with Gasteiger partial charge in [0.15, 0.2) is 11.5 Å². The van der Waals surface area contributed by atoms with Crippen LogP contribution >= 0.6 is 0 Å². The van der Waals surface area contributed by atoms with E-state index >= 15 is 0 Å². The van der Waals surface area contributed by atoms with Gasteiger partial charge in [-0.3, -0.25) is 14.5 Å². The number of hydrogen-bond donors (Lipinski definition) is 2. The molecule has 0 aromatic heterocycles. The van der Waals surface area contributed by atoms with Crippen LogP contribution in [0.15, 0.2) is 72.3 Å². The molecule has 8 heteroatoms. The predicted octanol–water partition coefficient (Wildman–Crippen LogP) is 4.17. The number of carbonyl (C=O) groups excluding carboxylic acids is 2. The number of aliphatic hydroxyl groups excluding tert-OH is 1. The fourth-order valence-electron chi connectivity index (χ4n) is 3.85. The molecule has 0 aliphatic carbocycles. The lowest BCUT2D eigenvalue weighted by Gasteiger charge is -2.25. The van der Waals surface area contributed by atoms with E-state index in [1.54, 1.807) is 18.2 Å². The third-order valence-electron chi connectivity index (χ3n) is 5.39. The molecule has 1 fully saturated rings. The Bertz CT molecular complexity index is 1270. The molecule has 168 valence electrons. The molecule has 1 aliphatic heterocycles. The number of carbonyl (C=O) groups is 2. The maximum atomic E-state index is 13.5. The quantitative estimate of drug-likeness (QED) is 0.345. The highest BCUT2D eigenvalue weighted by atomic mass is 19.1. The van der Waals surface area contributed by atoms with Crippen LogP contribution in [0.3, 0.4) is 0 Å². The van der Waals surface area contributed by atoms with Gasteiger partial charge in [0.1, 0.15) is 17.3 Å². The second-order valence-corrected chi connectivity index (χ2v) is 7.31. The summed E-state index contributed by atoms with van der Waals surface area (Å²) >= 11 is 0. The number of Topliss-reactive ketones (excluding diaryl/α,β-unsaturated/α-hetero) is 1. The van der Waals surface area contributed by atoms with E-state index < -0.39 is 29.3 Å². The van der Waals surface area contributed by atoms with Crippen LogP contribution in [0, 0.1) is 5.82 Å². The van der Waals surface area contributed by atoms with Gasteiger partial charge in [0.05, 0.1) is 25.8 Å². The molecule has 0 saturated carbocycles. The van der Waals surface area contributed by atoms with Crippen molar-refractivity contribution in [1.82, 2.24) is 0 Å². The summed E-state index contributed by atoms with van der Waals surface area (Å²) in [5.74, 6) is -2.07. The summed E-state index contributed by atoms with van der Waals surface area (Å²) in [6, 6.07) is 14.6. The molecule has 1 aliphatic rings. The van der Waals surface area contributed by atoms with E-state index in [2.05, 4.69) is 0 Å². The average Bonchev–Trinajstić information content (AvgIpc) is 3.09. The second kappa shape index (κ2) is 8.66. The third-order valence-corrected chi connectivity index (χ3v) is 5.39. The first-order valence-corrected chi connectivity index (χ1v) is 9.93. The van der Waals surface area contributed by atoms with Crippen LogP contribution < -0.4 is 14.4 Å². The Labute approximate surface area is 188 Å².